The van der Waals surface area contributed by atoms with Gasteiger partial charge in [-0.3, -0.25) is 0 Å². The van der Waals surface area contributed by atoms with Crippen LogP contribution in [0.15, 0.2) is 229 Å². The Balaban J connectivity index is 1.06. The summed E-state index contributed by atoms with van der Waals surface area (Å²) in [4.78, 5) is 4.91. The van der Waals surface area contributed by atoms with Gasteiger partial charge in [-0.25, -0.2) is 0 Å². The summed E-state index contributed by atoms with van der Waals surface area (Å²) in [6.45, 7) is 5.02. The number of aromatic nitrogens is 1. The Kier molecular flexibility index (Phi) is 8.33. The molecule has 0 radical (unpaired) electrons. The summed E-state index contributed by atoms with van der Waals surface area (Å²) in [6, 6.07) is 81.9. The van der Waals surface area contributed by atoms with Gasteiger partial charge in [-0.15, -0.1) is 0 Å². The number of nitrogens with zero attached hydrogens (tertiary/aromatic N) is 3. The number of furan rings is 1. The van der Waals surface area contributed by atoms with Crippen molar-refractivity contribution in [1.29, 1.82) is 0 Å². The molecule has 1 aliphatic heterocycles. The normalized spacial score (nSPS) is 12.9. The highest BCUT2D eigenvalue weighted by Gasteiger charge is 2.40. The molecule has 0 atom stereocenters. The fraction of sp³-hybridized carbons (Fsp3) is 0.0333. The fourth-order valence-electron chi connectivity index (χ4n) is 10.8. The Hall–Kier alpha value is -8.12. The molecule has 0 N–H and O–H groups in total. The van der Waals surface area contributed by atoms with Crippen LogP contribution in [-0.4, -0.2) is 12.6 Å². The number of para-hydroxylation sites is 5. The molecule has 0 unspecified atom stereocenters. The molecule has 0 fully saturated rings. The molecule has 0 bridgehead atoms. The summed E-state index contributed by atoms with van der Waals surface area (Å²) in [7, 11) is -2.17. The fourth-order valence-corrected chi connectivity index (χ4v) is 13.8. The third-order valence-corrected chi connectivity index (χ3v) is 17.3. The first-order valence-electron chi connectivity index (χ1n) is 22.4. The Morgan fingerprint density at radius 1 is 0.400 bits per heavy atom. The lowest BCUT2D eigenvalue weighted by atomic mass is 10.00. The number of hydrogen-bond donors (Lipinski definition) is 0. The third kappa shape index (κ3) is 5.69. The van der Waals surface area contributed by atoms with Crippen LogP contribution >= 0.6 is 0 Å². The number of hydrogen-bond acceptors (Lipinski definition) is 3. The third-order valence-electron chi connectivity index (χ3n) is 13.7. The van der Waals surface area contributed by atoms with Gasteiger partial charge in [0, 0.05) is 55.2 Å². The van der Waals surface area contributed by atoms with Crippen molar-refractivity contribution in [3.05, 3.63) is 224 Å². The van der Waals surface area contributed by atoms with Gasteiger partial charge in [0.15, 0.2) is 5.58 Å². The zero-order valence-electron chi connectivity index (χ0n) is 36.1. The minimum absolute atomic E-state index is 0.872. The summed E-state index contributed by atoms with van der Waals surface area (Å²) in [5.41, 5.74) is 14.4. The van der Waals surface area contributed by atoms with Crippen LogP contribution in [0.4, 0.5) is 34.1 Å². The van der Waals surface area contributed by atoms with Crippen LogP contribution in [0.25, 0.3) is 71.3 Å². The molecule has 65 heavy (non-hydrogen) atoms. The van der Waals surface area contributed by atoms with Crippen molar-refractivity contribution in [2.24, 2.45) is 0 Å². The average Bonchev–Trinajstić information content (AvgIpc) is 3.98. The maximum absolute atomic E-state index is 6.79. The molecule has 0 amide bonds. The first-order valence-corrected chi connectivity index (χ1v) is 25.4. The highest BCUT2D eigenvalue weighted by atomic mass is 28.3. The van der Waals surface area contributed by atoms with Crippen LogP contribution < -0.4 is 20.2 Å². The molecule has 2 aromatic heterocycles. The number of fused-ring (bicyclic) bond motifs is 10. The van der Waals surface area contributed by atoms with Crippen LogP contribution in [0.5, 0.6) is 0 Å². The molecular formula is C60H43N3OSi. The van der Waals surface area contributed by atoms with E-state index in [1.165, 1.54) is 59.8 Å². The molecule has 0 spiro atoms. The maximum Gasteiger partial charge on any atom is 0.159 e. The van der Waals surface area contributed by atoms with Crippen LogP contribution in [-0.2, 0) is 0 Å². The lowest BCUT2D eigenvalue weighted by Gasteiger charge is -2.29. The summed E-state index contributed by atoms with van der Waals surface area (Å²) < 4.78 is 9.20. The van der Waals surface area contributed by atoms with E-state index < -0.39 is 8.07 Å². The topological polar surface area (TPSA) is 24.6 Å². The molecule has 1 aliphatic rings. The van der Waals surface area contributed by atoms with Crippen LogP contribution in [0.3, 0.4) is 0 Å². The summed E-state index contributed by atoms with van der Waals surface area (Å²) in [6.07, 6.45) is 0. The van der Waals surface area contributed by atoms with Gasteiger partial charge in [-0.05, 0) is 100 Å². The lowest BCUT2D eigenvalue weighted by molar-refractivity contribution is 0.669. The number of benzene rings is 10. The predicted octanol–water partition coefficient (Wildman–Crippen LogP) is 15.6. The van der Waals surface area contributed by atoms with Crippen molar-refractivity contribution in [2.45, 2.75) is 13.1 Å². The maximum atomic E-state index is 6.79. The van der Waals surface area contributed by atoms with E-state index in [1.807, 2.05) is 6.07 Å². The SMILES string of the molecule is C[Si]1(C)c2ccc(N(c3cccc4ccccc34)c3cccc4c3oc3ccccc34)cc2-c2c(N(c3ccccc3)c3ccc4c5ccccc5n(-c5ccccc5)c4c3)cccc21. The molecule has 0 aliphatic carbocycles. The average molecular weight is 850 g/mol. The summed E-state index contributed by atoms with van der Waals surface area (Å²) in [5.74, 6) is 0. The molecule has 0 saturated heterocycles. The van der Waals surface area contributed by atoms with E-state index in [0.717, 1.165) is 56.1 Å². The zero-order chi connectivity index (χ0) is 43.2. The van der Waals surface area contributed by atoms with Gasteiger partial charge < -0.3 is 18.8 Å². The Morgan fingerprint density at radius 3 is 1.88 bits per heavy atom. The lowest BCUT2D eigenvalue weighted by Crippen LogP contribution is -2.49. The standard InChI is InChI=1S/C60H43N3OSi/c1-65(2)57-37-35-43(63(51-29-15-19-40-18-9-10-24-45(40)51)54-31-16-27-49-48-26-12-14-32-56(48)64-60(49)54)38-50(57)59-53(30-17-33-58(59)65)61(41-20-5-3-6-21-41)44-34-36-47-46-25-11-13-28-52(46)62(55(47)39-44)42-22-7-4-8-23-42/h3-39H,1-2H3. The molecule has 0 saturated carbocycles. The van der Waals surface area contributed by atoms with Crippen molar-refractivity contribution in [1.82, 2.24) is 4.57 Å². The van der Waals surface area contributed by atoms with Gasteiger partial charge in [0.05, 0.1) is 28.1 Å². The van der Waals surface area contributed by atoms with Crippen LogP contribution in [0, 0.1) is 0 Å². The second-order valence-electron chi connectivity index (χ2n) is 17.7. The molecule has 4 nitrogen and oxygen atoms in total. The summed E-state index contributed by atoms with van der Waals surface area (Å²) in [5, 5.41) is 9.95. The Labute approximate surface area is 378 Å². The molecular weight excluding hydrogens is 807 g/mol. The number of anilines is 6. The van der Waals surface area contributed by atoms with E-state index >= 15 is 0 Å². The van der Waals surface area contributed by atoms with Crippen LogP contribution in [0.1, 0.15) is 0 Å². The van der Waals surface area contributed by atoms with Crippen molar-refractivity contribution in [2.75, 3.05) is 9.80 Å². The molecule has 3 heterocycles. The number of rotatable bonds is 7. The van der Waals surface area contributed by atoms with E-state index in [4.69, 9.17) is 4.42 Å². The van der Waals surface area contributed by atoms with Crippen molar-refractivity contribution in [3.8, 4) is 16.8 Å². The van der Waals surface area contributed by atoms with Crippen molar-refractivity contribution in [3.63, 3.8) is 0 Å². The van der Waals surface area contributed by atoms with E-state index in [-0.39, 0.29) is 0 Å². The predicted molar refractivity (Wildman–Crippen MR) is 277 cm³/mol. The molecule has 5 heteroatoms. The zero-order valence-corrected chi connectivity index (χ0v) is 37.1. The van der Waals surface area contributed by atoms with Crippen molar-refractivity contribution >= 4 is 107 Å². The smallest absolute Gasteiger partial charge is 0.159 e. The van der Waals surface area contributed by atoms with E-state index in [1.54, 1.807) is 0 Å². The first-order chi connectivity index (χ1) is 32.0. The van der Waals surface area contributed by atoms with E-state index in [0.29, 0.717) is 0 Å². The minimum atomic E-state index is -2.17. The first kappa shape index (κ1) is 37.4. The molecule has 10 aromatic carbocycles. The Morgan fingerprint density at radius 2 is 1.02 bits per heavy atom. The van der Waals surface area contributed by atoms with Gasteiger partial charge in [-0.1, -0.05) is 159 Å². The Bertz CT molecular complexity index is 3820. The highest BCUT2D eigenvalue weighted by Crippen LogP contribution is 2.48. The van der Waals surface area contributed by atoms with Gasteiger partial charge in [0.2, 0.25) is 0 Å². The molecule has 308 valence electrons. The minimum Gasteiger partial charge on any atom is -0.454 e. The van der Waals surface area contributed by atoms with Crippen molar-refractivity contribution < 1.29 is 4.42 Å². The van der Waals surface area contributed by atoms with Gasteiger partial charge in [0.1, 0.15) is 13.7 Å². The van der Waals surface area contributed by atoms with Gasteiger partial charge in [0.25, 0.3) is 0 Å². The van der Waals surface area contributed by atoms with Crippen LogP contribution in [0.2, 0.25) is 13.1 Å². The van der Waals surface area contributed by atoms with E-state index in [2.05, 4.69) is 246 Å². The molecule has 12 aromatic rings. The van der Waals surface area contributed by atoms with Gasteiger partial charge >= 0.3 is 0 Å². The van der Waals surface area contributed by atoms with E-state index in [9.17, 15) is 0 Å². The summed E-state index contributed by atoms with van der Waals surface area (Å²) >= 11 is 0. The quantitative estimate of drug-likeness (QED) is 0.149. The second-order valence-corrected chi connectivity index (χ2v) is 22.0. The highest BCUT2D eigenvalue weighted by molar-refractivity contribution is 7.04. The largest absolute Gasteiger partial charge is 0.454 e. The second kappa shape index (κ2) is 14.5. The molecule has 13 rings (SSSR count). The van der Waals surface area contributed by atoms with Gasteiger partial charge in [-0.2, -0.15) is 0 Å². The monoisotopic (exact) mass is 849 g/mol.